The molecule has 0 fully saturated rings. The standard InChI is InChI=1S/C10H12ClNO3/c1-2-3-4-7-5-8(12(14)15)6-9(13)10(7)11/h5-6,13H,2-4H2,1H3. The predicted molar refractivity (Wildman–Crippen MR) is 58.4 cm³/mol. The molecule has 0 atom stereocenters. The number of non-ortho nitro benzene ring substituents is 1. The molecule has 1 N–H and O–H groups in total. The summed E-state index contributed by atoms with van der Waals surface area (Å²) in [7, 11) is 0. The summed E-state index contributed by atoms with van der Waals surface area (Å²) in [6, 6.07) is 2.48. The molecule has 4 nitrogen and oxygen atoms in total. The van der Waals surface area contributed by atoms with Gasteiger partial charge in [0.15, 0.2) is 0 Å². The van der Waals surface area contributed by atoms with Crippen LogP contribution in [0.3, 0.4) is 0 Å². The van der Waals surface area contributed by atoms with E-state index in [-0.39, 0.29) is 16.5 Å². The second-order valence-electron chi connectivity index (χ2n) is 3.30. The third kappa shape index (κ3) is 2.83. The fraction of sp³-hybridized carbons (Fsp3) is 0.400. The first-order valence-corrected chi connectivity index (χ1v) is 5.09. The van der Waals surface area contributed by atoms with Gasteiger partial charge in [-0.05, 0) is 18.4 Å². The number of phenols is 1. The Hall–Kier alpha value is -1.29. The minimum absolute atomic E-state index is 0.122. The molecule has 15 heavy (non-hydrogen) atoms. The Kier molecular flexibility index (Phi) is 3.91. The molecule has 0 unspecified atom stereocenters. The second-order valence-corrected chi connectivity index (χ2v) is 3.68. The molecule has 0 aliphatic carbocycles. The Balaban J connectivity index is 3.07. The van der Waals surface area contributed by atoms with E-state index in [9.17, 15) is 15.2 Å². The van der Waals surface area contributed by atoms with Gasteiger partial charge < -0.3 is 5.11 Å². The first-order valence-electron chi connectivity index (χ1n) is 4.72. The molecule has 5 heteroatoms. The summed E-state index contributed by atoms with van der Waals surface area (Å²) in [6.07, 6.45) is 2.50. The smallest absolute Gasteiger partial charge is 0.273 e. The zero-order chi connectivity index (χ0) is 11.4. The summed E-state index contributed by atoms with van der Waals surface area (Å²) >= 11 is 5.83. The highest BCUT2D eigenvalue weighted by Crippen LogP contribution is 2.32. The van der Waals surface area contributed by atoms with Crippen LogP contribution in [0, 0.1) is 10.1 Å². The number of hydrogen-bond acceptors (Lipinski definition) is 3. The van der Waals surface area contributed by atoms with Crippen molar-refractivity contribution < 1.29 is 10.0 Å². The number of rotatable bonds is 4. The monoisotopic (exact) mass is 229 g/mol. The molecule has 0 bridgehead atoms. The van der Waals surface area contributed by atoms with Crippen molar-refractivity contribution in [3.63, 3.8) is 0 Å². The van der Waals surface area contributed by atoms with E-state index < -0.39 is 4.92 Å². The Morgan fingerprint density at radius 1 is 1.53 bits per heavy atom. The lowest BCUT2D eigenvalue weighted by Crippen LogP contribution is -1.92. The van der Waals surface area contributed by atoms with Gasteiger partial charge in [0.1, 0.15) is 5.75 Å². The van der Waals surface area contributed by atoms with Gasteiger partial charge in [-0.15, -0.1) is 0 Å². The number of nitro groups is 1. The van der Waals surface area contributed by atoms with Crippen molar-refractivity contribution in [1.82, 2.24) is 0 Å². The number of nitro benzene ring substituents is 1. The summed E-state index contributed by atoms with van der Waals surface area (Å²) < 4.78 is 0. The summed E-state index contributed by atoms with van der Waals surface area (Å²) in [4.78, 5) is 10.0. The fourth-order valence-corrected chi connectivity index (χ4v) is 1.51. The Morgan fingerprint density at radius 3 is 2.73 bits per heavy atom. The third-order valence-electron chi connectivity index (χ3n) is 2.12. The van der Waals surface area contributed by atoms with Gasteiger partial charge in [-0.2, -0.15) is 0 Å². The molecule has 0 spiro atoms. The average Bonchev–Trinajstić information content (AvgIpc) is 2.19. The van der Waals surface area contributed by atoms with Crippen LogP contribution in [-0.4, -0.2) is 10.0 Å². The van der Waals surface area contributed by atoms with E-state index in [1.807, 2.05) is 6.92 Å². The van der Waals surface area contributed by atoms with E-state index in [0.717, 1.165) is 18.9 Å². The van der Waals surface area contributed by atoms with E-state index >= 15 is 0 Å². The van der Waals surface area contributed by atoms with E-state index in [1.165, 1.54) is 6.07 Å². The van der Waals surface area contributed by atoms with Crippen molar-refractivity contribution in [3.05, 3.63) is 32.8 Å². The highest BCUT2D eigenvalue weighted by atomic mass is 35.5. The second kappa shape index (κ2) is 4.98. The van der Waals surface area contributed by atoms with E-state index in [2.05, 4.69) is 0 Å². The SMILES string of the molecule is CCCCc1cc([N+](=O)[O-])cc(O)c1Cl. The van der Waals surface area contributed by atoms with Crippen molar-refractivity contribution in [3.8, 4) is 5.75 Å². The van der Waals surface area contributed by atoms with E-state index in [4.69, 9.17) is 11.6 Å². The van der Waals surface area contributed by atoms with Crippen LogP contribution >= 0.6 is 11.6 Å². The summed E-state index contributed by atoms with van der Waals surface area (Å²) in [6.45, 7) is 2.02. The minimum Gasteiger partial charge on any atom is -0.506 e. The molecule has 0 saturated heterocycles. The van der Waals surface area contributed by atoms with Gasteiger partial charge in [-0.3, -0.25) is 10.1 Å². The lowest BCUT2D eigenvalue weighted by molar-refractivity contribution is -0.385. The van der Waals surface area contributed by atoms with Crippen LogP contribution < -0.4 is 0 Å². The normalized spacial score (nSPS) is 10.3. The number of unbranched alkanes of at least 4 members (excludes halogenated alkanes) is 1. The minimum atomic E-state index is -0.536. The highest BCUT2D eigenvalue weighted by molar-refractivity contribution is 6.32. The lowest BCUT2D eigenvalue weighted by Gasteiger charge is -2.05. The molecule has 1 aromatic rings. The first kappa shape index (κ1) is 11.8. The van der Waals surface area contributed by atoms with Crippen molar-refractivity contribution in [2.75, 3.05) is 0 Å². The van der Waals surface area contributed by atoms with Crippen molar-refractivity contribution in [2.45, 2.75) is 26.2 Å². The molecule has 0 amide bonds. The van der Waals surface area contributed by atoms with Gasteiger partial charge >= 0.3 is 0 Å². The maximum atomic E-state index is 10.5. The van der Waals surface area contributed by atoms with Crippen LogP contribution in [-0.2, 0) is 6.42 Å². The van der Waals surface area contributed by atoms with Crippen LogP contribution in [0.2, 0.25) is 5.02 Å². The number of aryl methyl sites for hydroxylation is 1. The van der Waals surface area contributed by atoms with Crippen LogP contribution in [0.1, 0.15) is 25.3 Å². The molecule has 1 rings (SSSR count). The number of benzene rings is 1. The quantitative estimate of drug-likeness (QED) is 0.637. The van der Waals surface area contributed by atoms with Crippen LogP contribution in [0.25, 0.3) is 0 Å². The Bertz CT molecular complexity index is 379. The Labute approximate surface area is 92.6 Å². The van der Waals surface area contributed by atoms with Crippen molar-refractivity contribution >= 4 is 17.3 Å². The maximum absolute atomic E-state index is 10.5. The van der Waals surface area contributed by atoms with E-state index in [1.54, 1.807) is 0 Å². The number of hydrogen-bond donors (Lipinski definition) is 1. The number of halogens is 1. The molecule has 0 radical (unpaired) electrons. The first-order chi connectivity index (χ1) is 7.06. The van der Waals surface area contributed by atoms with Gasteiger partial charge in [0, 0.05) is 6.07 Å². The predicted octanol–water partition coefficient (Wildman–Crippen LogP) is 3.30. The molecule has 0 aliphatic rings. The van der Waals surface area contributed by atoms with Crippen LogP contribution in [0.4, 0.5) is 5.69 Å². The largest absolute Gasteiger partial charge is 0.506 e. The van der Waals surface area contributed by atoms with Gasteiger partial charge in [0.05, 0.1) is 16.0 Å². The molecule has 0 heterocycles. The Morgan fingerprint density at radius 2 is 2.20 bits per heavy atom. The molecule has 1 aromatic carbocycles. The average molecular weight is 230 g/mol. The molecular formula is C10H12ClNO3. The summed E-state index contributed by atoms with van der Waals surface area (Å²) in [5.74, 6) is -0.225. The molecular weight excluding hydrogens is 218 g/mol. The van der Waals surface area contributed by atoms with Gasteiger partial charge in [-0.25, -0.2) is 0 Å². The van der Waals surface area contributed by atoms with Crippen LogP contribution in [0.5, 0.6) is 5.75 Å². The van der Waals surface area contributed by atoms with Crippen molar-refractivity contribution in [2.24, 2.45) is 0 Å². The molecule has 0 saturated carbocycles. The topological polar surface area (TPSA) is 63.4 Å². The fourth-order valence-electron chi connectivity index (χ4n) is 1.31. The molecule has 0 aromatic heterocycles. The lowest BCUT2D eigenvalue weighted by atomic mass is 10.1. The molecule has 0 aliphatic heterocycles. The number of phenolic OH excluding ortho intramolecular Hbond substituents is 1. The highest BCUT2D eigenvalue weighted by Gasteiger charge is 2.14. The van der Waals surface area contributed by atoms with Crippen molar-refractivity contribution in [1.29, 1.82) is 0 Å². The molecule has 82 valence electrons. The van der Waals surface area contributed by atoms with E-state index in [0.29, 0.717) is 12.0 Å². The summed E-state index contributed by atoms with van der Waals surface area (Å²) in [5.41, 5.74) is 0.508. The van der Waals surface area contributed by atoms with Gasteiger partial charge in [0.2, 0.25) is 0 Å². The maximum Gasteiger partial charge on any atom is 0.273 e. The zero-order valence-electron chi connectivity index (χ0n) is 8.36. The van der Waals surface area contributed by atoms with Crippen LogP contribution in [0.15, 0.2) is 12.1 Å². The number of aromatic hydroxyl groups is 1. The zero-order valence-corrected chi connectivity index (χ0v) is 9.12. The number of nitrogens with zero attached hydrogens (tertiary/aromatic N) is 1. The third-order valence-corrected chi connectivity index (χ3v) is 2.56. The van der Waals surface area contributed by atoms with Gasteiger partial charge in [-0.1, -0.05) is 24.9 Å². The van der Waals surface area contributed by atoms with Gasteiger partial charge in [0.25, 0.3) is 5.69 Å². The summed E-state index contributed by atoms with van der Waals surface area (Å²) in [5, 5.41) is 20.2.